The summed E-state index contributed by atoms with van der Waals surface area (Å²) in [6.07, 6.45) is 0.991. The van der Waals surface area contributed by atoms with Crippen molar-refractivity contribution in [3.8, 4) is 11.5 Å². The molecule has 3 rings (SSSR count). The lowest BCUT2D eigenvalue weighted by Gasteiger charge is -2.30. The number of nitrogens with zero attached hydrogens (tertiary/aromatic N) is 1. The van der Waals surface area contributed by atoms with Crippen molar-refractivity contribution in [1.29, 1.82) is 0 Å². The maximum Gasteiger partial charge on any atom is 0.231 e. The van der Waals surface area contributed by atoms with Crippen molar-refractivity contribution in [2.75, 3.05) is 13.4 Å². The summed E-state index contributed by atoms with van der Waals surface area (Å²) in [6, 6.07) is 9.50. The number of aliphatic hydroxyl groups is 1. The van der Waals surface area contributed by atoms with Crippen LogP contribution >= 0.6 is 11.3 Å². The Morgan fingerprint density at radius 2 is 2.08 bits per heavy atom. The topological polar surface area (TPSA) is 59.0 Å². The van der Waals surface area contributed by atoms with Crippen molar-refractivity contribution in [3.05, 3.63) is 45.6 Å². The Hall–Kier alpha value is -2.05. The minimum atomic E-state index is -0.177. The van der Waals surface area contributed by atoms with Gasteiger partial charge in [-0.05, 0) is 43.2 Å². The predicted octanol–water partition coefficient (Wildman–Crippen LogP) is 3.13. The fourth-order valence-corrected chi connectivity index (χ4v) is 3.82. The van der Waals surface area contributed by atoms with Crippen LogP contribution < -0.4 is 9.47 Å². The summed E-state index contributed by atoms with van der Waals surface area (Å²) < 4.78 is 10.7. The zero-order valence-electron chi connectivity index (χ0n) is 14.5. The van der Waals surface area contributed by atoms with Gasteiger partial charge in [0, 0.05) is 9.75 Å². The smallest absolute Gasteiger partial charge is 0.231 e. The molecule has 0 aliphatic carbocycles. The molecule has 0 saturated carbocycles. The van der Waals surface area contributed by atoms with E-state index in [9.17, 15) is 9.90 Å². The molecular formula is C19H23NO4S. The van der Waals surface area contributed by atoms with Gasteiger partial charge in [0.1, 0.15) is 0 Å². The van der Waals surface area contributed by atoms with E-state index >= 15 is 0 Å². The van der Waals surface area contributed by atoms with Gasteiger partial charge in [-0.3, -0.25) is 4.79 Å². The predicted molar refractivity (Wildman–Crippen MR) is 97.0 cm³/mol. The van der Waals surface area contributed by atoms with Crippen molar-refractivity contribution in [2.45, 2.75) is 39.3 Å². The number of hydrogen-bond donors (Lipinski definition) is 1. The van der Waals surface area contributed by atoms with Gasteiger partial charge in [-0.1, -0.05) is 13.0 Å². The van der Waals surface area contributed by atoms with E-state index < -0.39 is 0 Å². The van der Waals surface area contributed by atoms with Gasteiger partial charge in [-0.2, -0.15) is 0 Å². The Bertz CT molecular complexity index is 739. The fraction of sp³-hybridized carbons (Fsp3) is 0.421. The first-order valence-electron chi connectivity index (χ1n) is 8.45. The molecular weight excluding hydrogens is 338 g/mol. The molecule has 1 aliphatic rings. The van der Waals surface area contributed by atoms with Gasteiger partial charge in [0.25, 0.3) is 0 Å². The number of fused-ring (bicyclic) bond motifs is 1. The molecule has 2 heterocycles. The Labute approximate surface area is 151 Å². The quantitative estimate of drug-likeness (QED) is 0.823. The monoisotopic (exact) mass is 361 g/mol. The van der Waals surface area contributed by atoms with Gasteiger partial charge in [0.2, 0.25) is 12.7 Å². The number of benzene rings is 1. The van der Waals surface area contributed by atoms with Gasteiger partial charge in [0.05, 0.1) is 25.6 Å². The molecule has 0 spiro atoms. The lowest BCUT2D eigenvalue weighted by Crippen LogP contribution is -2.42. The third-order valence-electron chi connectivity index (χ3n) is 4.36. The zero-order valence-corrected chi connectivity index (χ0v) is 15.3. The lowest BCUT2D eigenvalue weighted by molar-refractivity contribution is -0.134. The highest BCUT2D eigenvalue weighted by molar-refractivity contribution is 7.11. The van der Waals surface area contributed by atoms with E-state index in [1.54, 1.807) is 16.2 Å². The molecule has 1 aromatic heterocycles. The third kappa shape index (κ3) is 4.14. The molecule has 0 fully saturated rings. The Morgan fingerprint density at radius 3 is 2.76 bits per heavy atom. The molecule has 5 nitrogen and oxygen atoms in total. The van der Waals surface area contributed by atoms with E-state index in [4.69, 9.17) is 9.47 Å². The van der Waals surface area contributed by atoms with Gasteiger partial charge in [-0.15, -0.1) is 11.3 Å². The van der Waals surface area contributed by atoms with Crippen molar-refractivity contribution in [2.24, 2.45) is 0 Å². The van der Waals surface area contributed by atoms with Crippen molar-refractivity contribution >= 4 is 17.2 Å². The van der Waals surface area contributed by atoms with E-state index in [1.807, 2.05) is 31.2 Å². The van der Waals surface area contributed by atoms with Crippen LogP contribution in [0, 0.1) is 6.92 Å². The number of ether oxygens (including phenoxy) is 2. The molecule has 0 saturated heterocycles. The highest BCUT2D eigenvalue weighted by Gasteiger charge is 2.23. The molecule has 1 aromatic carbocycles. The van der Waals surface area contributed by atoms with E-state index in [2.05, 4.69) is 13.0 Å². The van der Waals surface area contributed by atoms with Crippen molar-refractivity contribution in [3.63, 3.8) is 0 Å². The summed E-state index contributed by atoms with van der Waals surface area (Å²) in [7, 11) is 0. The summed E-state index contributed by atoms with van der Waals surface area (Å²) in [5.41, 5.74) is 0.884. The van der Waals surface area contributed by atoms with E-state index in [1.165, 1.54) is 4.88 Å². The average molecular weight is 361 g/mol. The molecule has 2 aromatic rings. The normalized spacial score (nSPS) is 13.7. The standard InChI is InChI=1S/C19H23NO4S/c1-3-15(11-21)20(10-16-6-4-13(2)25-16)19(22)9-14-5-7-17-18(8-14)24-12-23-17/h4-8,15,21H,3,9-12H2,1-2H3/t15-/m1/s1. The second kappa shape index (κ2) is 7.89. The molecule has 134 valence electrons. The molecule has 6 heteroatoms. The number of hydrogen-bond acceptors (Lipinski definition) is 5. The number of carbonyl (C=O) groups is 1. The van der Waals surface area contributed by atoms with Crippen LogP contribution in [-0.4, -0.2) is 35.4 Å². The largest absolute Gasteiger partial charge is 0.454 e. The lowest BCUT2D eigenvalue weighted by atomic mass is 10.1. The first kappa shape index (κ1) is 17.8. The molecule has 0 unspecified atom stereocenters. The van der Waals surface area contributed by atoms with Crippen LogP contribution in [0.4, 0.5) is 0 Å². The molecule has 1 N–H and O–H groups in total. The fourth-order valence-electron chi connectivity index (χ4n) is 2.93. The van der Waals surface area contributed by atoms with Crippen LogP contribution in [0.25, 0.3) is 0 Å². The summed E-state index contributed by atoms with van der Waals surface area (Å²) >= 11 is 1.68. The maximum atomic E-state index is 12.9. The second-order valence-corrected chi connectivity index (χ2v) is 7.52. The highest BCUT2D eigenvalue weighted by atomic mass is 32.1. The van der Waals surface area contributed by atoms with Crippen LogP contribution in [0.15, 0.2) is 30.3 Å². The first-order valence-corrected chi connectivity index (χ1v) is 9.26. The number of rotatable bonds is 7. The van der Waals surface area contributed by atoms with Gasteiger partial charge >= 0.3 is 0 Å². The van der Waals surface area contributed by atoms with Crippen LogP contribution in [0.1, 0.15) is 28.7 Å². The number of thiophene rings is 1. The highest BCUT2D eigenvalue weighted by Crippen LogP contribution is 2.32. The maximum absolute atomic E-state index is 12.9. The average Bonchev–Trinajstić information content (AvgIpc) is 3.23. The molecule has 25 heavy (non-hydrogen) atoms. The minimum absolute atomic E-state index is 0.00539. The molecule has 1 aliphatic heterocycles. The summed E-state index contributed by atoms with van der Waals surface area (Å²) in [5, 5.41) is 9.69. The minimum Gasteiger partial charge on any atom is -0.454 e. The SMILES string of the molecule is CC[C@H](CO)N(Cc1ccc(C)s1)C(=O)Cc1ccc2c(c1)OCO2. The van der Waals surface area contributed by atoms with Crippen LogP contribution in [0.2, 0.25) is 0 Å². The van der Waals surface area contributed by atoms with Gasteiger partial charge in [-0.25, -0.2) is 0 Å². The molecule has 1 atom stereocenters. The van der Waals surface area contributed by atoms with Gasteiger partial charge < -0.3 is 19.5 Å². The molecule has 0 bridgehead atoms. The summed E-state index contributed by atoms with van der Waals surface area (Å²) in [6.45, 7) is 4.76. The third-order valence-corrected chi connectivity index (χ3v) is 5.34. The van der Waals surface area contributed by atoms with E-state index in [0.29, 0.717) is 24.5 Å². The van der Waals surface area contributed by atoms with E-state index in [0.717, 1.165) is 10.4 Å². The first-order chi connectivity index (χ1) is 12.1. The van der Waals surface area contributed by atoms with Gasteiger partial charge in [0.15, 0.2) is 11.5 Å². The number of amides is 1. The van der Waals surface area contributed by atoms with Crippen LogP contribution in [0.5, 0.6) is 11.5 Å². The number of aryl methyl sites for hydroxylation is 1. The summed E-state index contributed by atoms with van der Waals surface area (Å²) in [4.78, 5) is 17.1. The van der Waals surface area contributed by atoms with E-state index in [-0.39, 0.29) is 31.8 Å². The van der Waals surface area contributed by atoms with Crippen LogP contribution in [0.3, 0.4) is 0 Å². The number of aliphatic hydroxyl groups excluding tert-OH is 1. The van der Waals surface area contributed by atoms with Crippen molar-refractivity contribution in [1.82, 2.24) is 4.90 Å². The Morgan fingerprint density at radius 1 is 1.28 bits per heavy atom. The number of carbonyl (C=O) groups excluding carboxylic acids is 1. The van der Waals surface area contributed by atoms with Crippen LogP contribution in [-0.2, 0) is 17.8 Å². The summed E-state index contributed by atoms with van der Waals surface area (Å²) in [5.74, 6) is 1.40. The zero-order chi connectivity index (χ0) is 17.8. The second-order valence-electron chi connectivity index (χ2n) is 6.14. The van der Waals surface area contributed by atoms with Crippen molar-refractivity contribution < 1.29 is 19.4 Å². The Balaban J connectivity index is 1.76. The Kier molecular flexibility index (Phi) is 5.60. The molecule has 1 amide bonds. The molecule has 0 radical (unpaired) electrons.